The largest absolute Gasteiger partial charge is 0.459 e. The predicted molar refractivity (Wildman–Crippen MR) is 248 cm³/mol. The number of nitrogens with one attached hydrogen (secondary N) is 1. The number of nitrogens with zero attached hydrogens (tertiary/aromatic N) is 3. The number of hydrogen-bond donors (Lipinski definition) is 4. The van der Waals surface area contributed by atoms with Crippen LogP contribution in [0.25, 0.3) is 0 Å². The Morgan fingerprint density at radius 3 is 2.02 bits per heavy atom. The number of rotatable bonds is 17. The van der Waals surface area contributed by atoms with Crippen molar-refractivity contribution in [2.45, 2.75) is 205 Å². The van der Waals surface area contributed by atoms with Crippen LogP contribution in [0.2, 0.25) is 0 Å². The van der Waals surface area contributed by atoms with Gasteiger partial charge in [-0.2, -0.15) is 0 Å². The molecule has 18 heteroatoms. The van der Waals surface area contributed by atoms with Gasteiger partial charge < -0.3 is 73.2 Å². The summed E-state index contributed by atoms with van der Waals surface area (Å²) >= 11 is 0. The van der Waals surface area contributed by atoms with Crippen LogP contribution in [-0.4, -0.2) is 206 Å². The number of likely N-dealkylation sites (N-methyl/N-ethyl adjacent to an activating group) is 3. The van der Waals surface area contributed by atoms with Gasteiger partial charge in [-0.05, 0) is 102 Å². The van der Waals surface area contributed by atoms with Gasteiger partial charge in [0.2, 0.25) is 5.91 Å². The summed E-state index contributed by atoms with van der Waals surface area (Å²) in [5.41, 5.74) is -4.35. The lowest BCUT2D eigenvalue weighted by molar-refractivity contribution is -0.320. The number of aliphatic hydroxyl groups excluding tert-OH is 2. The molecule has 3 aliphatic rings. The average molecular weight is 947 g/mol. The van der Waals surface area contributed by atoms with Gasteiger partial charge in [0.15, 0.2) is 18.7 Å². The lowest BCUT2D eigenvalue weighted by Gasteiger charge is -2.49. The van der Waals surface area contributed by atoms with E-state index < -0.39 is 108 Å². The normalized spacial score (nSPS) is 41.3. The second kappa shape index (κ2) is 25.2. The summed E-state index contributed by atoms with van der Waals surface area (Å²) in [5.74, 6) is -4.11. The van der Waals surface area contributed by atoms with Crippen molar-refractivity contribution in [3.8, 4) is 0 Å². The molecule has 18 atom stereocenters. The monoisotopic (exact) mass is 947 g/mol. The van der Waals surface area contributed by atoms with Crippen LogP contribution in [0, 0.1) is 17.8 Å². The molecule has 18 nitrogen and oxygen atoms in total. The van der Waals surface area contributed by atoms with Crippen LogP contribution in [0.4, 0.5) is 0 Å². The fourth-order valence-corrected chi connectivity index (χ4v) is 10.1. The molecule has 3 aliphatic heterocycles. The maximum absolute atomic E-state index is 14.5. The van der Waals surface area contributed by atoms with Crippen molar-refractivity contribution in [2.24, 2.45) is 17.8 Å². The van der Waals surface area contributed by atoms with Crippen LogP contribution >= 0.6 is 0 Å². The molecular formula is C48H90N4O14. The van der Waals surface area contributed by atoms with Crippen molar-refractivity contribution >= 4 is 17.8 Å². The van der Waals surface area contributed by atoms with Crippen LogP contribution < -0.4 is 5.32 Å². The van der Waals surface area contributed by atoms with Gasteiger partial charge in [-0.25, -0.2) is 0 Å². The van der Waals surface area contributed by atoms with Crippen molar-refractivity contribution < 1.29 is 67.6 Å². The van der Waals surface area contributed by atoms with Gasteiger partial charge in [0.05, 0.1) is 48.4 Å². The summed E-state index contributed by atoms with van der Waals surface area (Å²) in [6.07, 6.45) is -8.84. The molecule has 0 aliphatic carbocycles. The number of hydrogen-bond acceptors (Lipinski definition) is 17. The molecule has 1 amide bonds. The van der Waals surface area contributed by atoms with Gasteiger partial charge >= 0.3 is 11.9 Å². The zero-order valence-electron chi connectivity index (χ0n) is 43.4. The summed E-state index contributed by atoms with van der Waals surface area (Å²) in [7, 11) is 8.79. The Balaban J connectivity index is 2.09. The molecule has 3 fully saturated rings. The van der Waals surface area contributed by atoms with Crippen LogP contribution in [0.15, 0.2) is 0 Å². The lowest BCUT2D eigenvalue weighted by Crippen LogP contribution is -2.61. The number of amides is 1. The summed E-state index contributed by atoms with van der Waals surface area (Å²) in [6, 6.07) is -1.25. The standard InChI is InChI=1S/C48H90N4O14/c1-18-35-48(12,58)40(55)32(8)49-43(56)28(4)26-46(10,59-16)41(66-45-38(54)34(50(13)14)25-29(5)61-45)30(6)39(31(7)44(57)63-35)65-37-27-47(11,60-17)42(33(9)62-37)64-36(53)21-22-51(15)23-24-52(19-2)20-3/h28-35,37-42,45,54-55,58H,18-27H2,1-17H3,(H,49,56)/t28-,29-,30+,31-,32-,33+,34+,35-,37+,38-,39+,40-,41-,42+,45+,46-,47-,48-/m1/s1. The summed E-state index contributed by atoms with van der Waals surface area (Å²) in [6.45, 7) is 25.6. The first kappa shape index (κ1) is 58.2. The van der Waals surface area contributed by atoms with Gasteiger partial charge in [0.25, 0.3) is 0 Å². The van der Waals surface area contributed by atoms with E-state index in [-0.39, 0.29) is 43.8 Å². The van der Waals surface area contributed by atoms with Gasteiger partial charge in [0, 0.05) is 58.2 Å². The zero-order chi connectivity index (χ0) is 50.1. The summed E-state index contributed by atoms with van der Waals surface area (Å²) in [4.78, 5) is 48.2. The molecule has 0 saturated carbocycles. The molecule has 0 radical (unpaired) electrons. The number of aliphatic hydroxyl groups is 3. The van der Waals surface area contributed by atoms with E-state index in [1.54, 1.807) is 48.7 Å². The van der Waals surface area contributed by atoms with E-state index >= 15 is 0 Å². The number of cyclic esters (lactones) is 1. The molecule has 0 unspecified atom stereocenters. The molecule has 0 aromatic heterocycles. The van der Waals surface area contributed by atoms with Gasteiger partial charge in [-0.3, -0.25) is 14.4 Å². The predicted octanol–water partition coefficient (Wildman–Crippen LogP) is 2.95. The van der Waals surface area contributed by atoms with E-state index in [1.807, 2.05) is 46.8 Å². The second-order valence-corrected chi connectivity index (χ2v) is 20.3. The topological polar surface area (TPSA) is 207 Å². The smallest absolute Gasteiger partial charge is 0.311 e. The third kappa shape index (κ3) is 14.5. The van der Waals surface area contributed by atoms with Gasteiger partial charge in [-0.15, -0.1) is 0 Å². The highest BCUT2D eigenvalue weighted by atomic mass is 16.7. The van der Waals surface area contributed by atoms with Gasteiger partial charge in [0.1, 0.15) is 29.5 Å². The lowest BCUT2D eigenvalue weighted by atomic mass is 9.77. The average Bonchev–Trinajstić information content (AvgIpc) is 3.26. The Morgan fingerprint density at radius 1 is 0.848 bits per heavy atom. The number of ether oxygens (including phenoxy) is 8. The van der Waals surface area contributed by atoms with Crippen LogP contribution in [0.3, 0.4) is 0 Å². The van der Waals surface area contributed by atoms with E-state index in [1.165, 1.54) is 14.0 Å². The summed E-state index contributed by atoms with van der Waals surface area (Å²) in [5, 5.41) is 37.9. The Labute approximate surface area is 395 Å². The fraction of sp³-hybridized carbons (Fsp3) is 0.938. The minimum absolute atomic E-state index is 0.0830. The van der Waals surface area contributed by atoms with Crippen LogP contribution in [0.1, 0.15) is 115 Å². The third-order valence-electron chi connectivity index (χ3n) is 14.8. The van der Waals surface area contributed by atoms with Crippen LogP contribution in [-0.2, 0) is 52.3 Å². The summed E-state index contributed by atoms with van der Waals surface area (Å²) < 4.78 is 51.3. The first-order valence-electron chi connectivity index (χ1n) is 24.3. The third-order valence-corrected chi connectivity index (χ3v) is 14.8. The highest BCUT2D eigenvalue weighted by Crippen LogP contribution is 2.41. The molecule has 0 bridgehead atoms. The number of carbonyl (C=O) groups excluding carboxylic acids is 3. The highest BCUT2D eigenvalue weighted by molar-refractivity contribution is 5.78. The Hall–Kier alpha value is -2.07. The first-order chi connectivity index (χ1) is 30.7. The number of methoxy groups -OCH3 is 2. The van der Waals surface area contributed by atoms with Crippen molar-refractivity contribution in [3.63, 3.8) is 0 Å². The maximum atomic E-state index is 14.5. The molecule has 66 heavy (non-hydrogen) atoms. The SMILES string of the molecule is CC[C@H]1OC(=O)[C@H](C)[C@@H](O[C@H]2C[C@@](C)(OC)[C@@H](OC(=O)CCN(C)CCN(CC)CC)[C@H](C)O2)[C@H](C)[C@@H](O[C@@H]2O[C@H](C)C[C@H](N(C)C)[C@H]2O)[C@](C)(OC)C[C@@H](C)C(=O)N[C@H](C)[C@@H](O)[C@]1(C)O. The minimum Gasteiger partial charge on any atom is -0.459 e. The molecule has 3 saturated heterocycles. The highest BCUT2D eigenvalue weighted by Gasteiger charge is 2.54. The Kier molecular flexibility index (Phi) is 22.2. The van der Waals surface area contributed by atoms with E-state index in [0.717, 1.165) is 26.2 Å². The molecule has 4 N–H and O–H groups in total. The van der Waals surface area contributed by atoms with E-state index in [2.05, 4.69) is 29.0 Å². The fourth-order valence-electron chi connectivity index (χ4n) is 10.1. The second-order valence-electron chi connectivity index (χ2n) is 20.3. The van der Waals surface area contributed by atoms with E-state index in [0.29, 0.717) is 13.0 Å². The Morgan fingerprint density at radius 2 is 1.45 bits per heavy atom. The van der Waals surface area contributed by atoms with Crippen LogP contribution in [0.5, 0.6) is 0 Å². The van der Waals surface area contributed by atoms with Crippen molar-refractivity contribution in [1.82, 2.24) is 20.0 Å². The maximum Gasteiger partial charge on any atom is 0.311 e. The minimum atomic E-state index is -1.97. The molecule has 0 spiro atoms. The first-order valence-corrected chi connectivity index (χ1v) is 24.3. The van der Waals surface area contributed by atoms with Crippen molar-refractivity contribution in [2.75, 3.05) is 68.1 Å². The Bertz CT molecular complexity index is 1520. The van der Waals surface area contributed by atoms with Crippen molar-refractivity contribution in [1.29, 1.82) is 0 Å². The zero-order valence-corrected chi connectivity index (χ0v) is 43.4. The molecule has 386 valence electrons. The molecular weight excluding hydrogens is 857 g/mol. The quantitative estimate of drug-likeness (QED) is 0.155. The van der Waals surface area contributed by atoms with E-state index in [9.17, 15) is 29.7 Å². The number of carbonyl (C=O) groups is 3. The molecule has 0 aromatic rings. The van der Waals surface area contributed by atoms with Crippen molar-refractivity contribution in [3.05, 3.63) is 0 Å². The van der Waals surface area contributed by atoms with Gasteiger partial charge in [-0.1, -0.05) is 34.6 Å². The van der Waals surface area contributed by atoms with E-state index in [4.69, 9.17) is 37.9 Å². The molecule has 0 aromatic carbocycles. The molecule has 3 heterocycles. The molecule has 3 rings (SSSR count). The number of esters is 2.